The van der Waals surface area contributed by atoms with Crippen LogP contribution in [0.25, 0.3) is 22.6 Å². The highest BCUT2D eigenvalue weighted by Crippen LogP contribution is 2.30. The Labute approximate surface area is 178 Å². The van der Waals surface area contributed by atoms with Gasteiger partial charge in [-0.05, 0) is 42.3 Å². The van der Waals surface area contributed by atoms with Gasteiger partial charge in [-0.2, -0.15) is 5.26 Å². The van der Waals surface area contributed by atoms with Gasteiger partial charge < -0.3 is 4.57 Å². The minimum absolute atomic E-state index is 0.0511. The maximum Gasteiger partial charge on any atom is 0.269 e. The second-order valence-electron chi connectivity index (χ2n) is 7.21. The number of nitriles is 1. The van der Waals surface area contributed by atoms with Crippen molar-refractivity contribution in [3.63, 3.8) is 0 Å². The van der Waals surface area contributed by atoms with Crippen molar-refractivity contribution in [1.29, 1.82) is 5.26 Å². The van der Waals surface area contributed by atoms with E-state index in [0.29, 0.717) is 17.7 Å². The first-order valence-corrected chi connectivity index (χ1v) is 9.67. The van der Waals surface area contributed by atoms with E-state index < -0.39 is 10.7 Å². The van der Waals surface area contributed by atoms with Gasteiger partial charge in [-0.25, -0.2) is 4.39 Å². The van der Waals surface area contributed by atoms with Crippen LogP contribution in [0.5, 0.6) is 0 Å². The number of fused-ring (bicyclic) bond motifs is 1. The van der Waals surface area contributed by atoms with Gasteiger partial charge in [0.25, 0.3) is 5.69 Å². The summed E-state index contributed by atoms with van der Waals surface area (Å²) >= 11 is 0. The number of non-ortho nitro benzene ring substituents is 1. The summed E-state index contributed by atoms with van der Waals surface area (Å²) in [5, 5.41) is 21.6. The fraction of sp³-hybridized carbons (Fsp3) is 0.0800. The highest BCUT2D eigenvalue weighted by molar-refractivity contribution is 5.99. The van der Waals surface area contributed by atoms with Gasteiger partial charge >= 0.3 is 0 Å². The highest BCUT2D eigenvalue weighted by atomic mass is 19.1. The molecule has 152 valence electrons. The molecule has 0 aliphatic rings. The summed E-state index contributed by atoms with van der Waals surface area (Å²) in [6.07, 6.45) is 1.79. The van der Waals surface area contributed by atoms with E-state index in [1.807, 2.05) is 31.2 Å². The summed E-state index contributed by atoms with van der Waals surface area (Å²) < 4.78 is 15.8. The lowest BCUT2D eigenvalue weighted by atomic mass is 10.0. The molecular formula is C25H18FN3O2. The molecule has 0 radical (unpaired) electrons. The summed E-state index contributed by atoms with van der Waals surface area (Å²) in [5.41, 5.74) is 4.70. The summed E-state index contributed by atoms with van der Waals surface area (Å²) in [7, 11) is 0. The number of nitro benzene ring substituents is 1. The van der Waals surface area contributed by atoms with Crippen molar-refractivity contribution < 1.29 is 9.31 Å². The first-order valence-electron chi connectivity index (χ1n) is 9.67. The maximum atomic E-state index is 13.7. The average Bonchev–Trinajstić information content (AvgIpc) is 3.03. The van der Waals surface area contributed by atoms with Gasteiger partial charge in [-0.3, -0.25) is 10.1 Å². The number of halogens is 1. The molecule has 0 atom stereocenters. The fourth-order valence-corrected chi connectivity index (χ4v) is 3.73. The molecule has 0 aliphatic carbocycles. The Bertz CT molecular complexity index is 1360. The SMILES string of the molecule is Cc1c(/C=C(/C#N)c2cccc(F)c2)c2ccccc2n1Cc1ccc([N+](=O)[O-])cc1. The van der Waals surface area contributed by atoms with Gasteiger partial charge in [-0.15, -0.1) is 0 Å². The van der Waals surface area contributed by atoms with Crippen LogP contribution in [0.15, 0.2) is 72.8 Å². The third kappa shape index (κ3) is 3.94. The number of hydrogen-bond donors (Lipinski definition) is 0. The molecule has 3 aromatic carbocycles. The van der Waals surface area contributed by atoms with E-state index in [1.54, 1.807) is 30.3 Å². The number of nitrogens with zero attached hydrogens (tertiary/aromatic N) is 3. The lowest BCUT2D eigenvalue weighted by molar-refractivity contribution is -0.384. The maximum absolute atomic E-state index is 13.7. The molecule has 4 aromatic rings. The number of allylic oxidation sites excluding steroid dienone is 1. The van der Waals surface area contributed by atoms with Crippen LogP contribution < -0.4 is 0 Å². The van der Waals surface area contributed by atoms with Gasteiger partial charge in [0.15, 0.2) is 0 Å². The molecule has 0 saturated heterocycles. The molecule has 5 nitrogen and oxygen atoms in total. The number of nitro groups is 1. The molecule has 0 N–H and O–H groups in total. The third-order valence-electron chi connectivity index (χ3n) is 5.31. The van der Waals surface area contributed by atoms with E-state index >= 15 is 0 Å². The van der Waals surface area contributed by atoms with Crippen LogP contribution in [0, 0.1) is 34.2 Å². The van der Waals surface area contributed by atoms with E-state index in [1.165, 1.54) is 24.3 Å². The topological polar surface area (TPSA) is 71.9 Å². The minimum Gasteiger partial charge on any atom is -0.340 e. The Kier molecular flexibility index (Phi) is 5.33. The molecule has 0 saturated carbocycles. The van der Waals surface area contributed by atoms with Crippen molar-refractivity contribution in [2.75, 3.05) is 0 Å². The highest BCUT2D eigenvalue weighted by Gasteiger charge is 2.15. The van der Waals surface area contributed by atoms with Crippen molar-refractivity contribution in [1.82, 2.24) is 4.57 Å². The van der Waals surface area contributed by atoms with Crippen LogP contribution in [-0.2, 0) is 6.54 Å². The van der Waals surface area contributed by atoms with Crippen LogP contribution in [0.3, 0.4) is 0 Å². The summed E-state index contributed by atoms with van der Waals surface area (Å²) in [4.78, 5) is 10.5. The summed E-state index contributed by atoms with van der Waals surface area (Å²) in [5.74, 6) is -0.393. The number of para-hydroxylation sites is 1. The van der Waals surface area contributed by atoms with E-state index in [-0.39, 0.29) is 5.69 Å². The first kappa shape index (κ1) is 20.0. The fourth-order valence-electron chi connectivity index (χ4n) is 3.73. The Morgan fingerprint density at radius 3 is 2.55 bits per heavy atom. The van der Waals surface area contributed by atoms with Crippen molar-refractivity contribution in [3.8, 4) is 6.07 Å². The zero-order valence-electron chi connectivity index (χ0n) is 16.7. The molecule has 4 rings (SSSR count). The van der Waals surface area contributed by atoms with Crippen LogP contribution >= 0.6 is 0 Å². The molecular weight excluding hydrogens is 393 g/mol. The Balaban J connectivity index is 1.82. The third-order valence-corrected chi connectivity index (χ3v) is 5.31. The zero-order valence-corrected chi connectivity index (χ0v) is 16.7. The van der Waals surface area contributed by atoms with E-state index in [0.717, 1.165) is 27.7 Å². The van der Waals surface area contributed by atoms with Gasteiger partial charge in [0.05, 0.1) is 16.6 Å². The standard InChI is InChI=1S/C25H18FN3O2/c1-17-24(14-20(15-27)19-5-4-6-21(26)13-19)23-7-2-3-8-25(23)28(17)16-18-9-11-22(12-10-18)29(30)31/h2-14H,16H2,1H3/b20-14-. The van der Waals surface area contributed by atoms with E-state index in [2.05, 4.69) is 10.6 Å². The quantitative estimate of drug-likeness (QED) is 0.226. The molecule has 1 aromatic heterocycles. The van der Waals surface area contributed by atoms with Gasteiger partial charge in [-0.1, -0.05) is 42.5 Å². The van der Waals surface area contributed by atoms with Crippen LogP contribution in [0.2, 0.25) is 0 Å². The van der Waals surface area contributed by atoms with E-state index in [4.69, 9.17) is 0 Å². The molecule has 0 spiro atoms. The number of benzene rings is 3. The lowest BCUT2D eigenvalue weighted by Crippen LogP contribution is -2.02. The normalized spacial score (nSPS) is 11.5. The lowest BCUT2D eigenvalue weighted by Gasteiger charge is -2.09. The summed E-state index contributed by atoms with van der Waals surface area (Å²) in [6, 6.07) is 22.5. The molecule has 0 unspecified atom stereocenters. The molecule has 6 heteroatoms. The Hall–Kier alpha value is -4.24. The molecule has 31 heavy (non-hydrogen) atoms. The Morgan fingerprint density at radius 1 is 1.13 bits per heavy atom. The average molecular weight is 411 g/mol. The van der Waals surface area contributed by atoms with Crippen molar-refractivity contribution >= 4 is 28.2 Å². The van der Waals surface area contributed by atoms with Gasteiger partial charge in [0.1, 0.15) is 5.82 Å². The van der Waals surface area contributed by atoms with Crippen LogP contribution in [0.4, 0.5) is 10.1 Å². The van der Waals surface area contributed by atoms with Gasteiger partial charge in [0, 0.05) is 40.8 Å². The minimum atomic E-state index is -0.418. The van der Waals surface area contributed by atoms with Crippen molar-refractivity contribution in [2.45, 2.75) is 13.5 Å². The summed E-state index contributed by atoms with van der Waals surface area (Å²) in [6.45, 7) is 2.50. The van der Waals surface area contributed by atoms with Gasteiger partial charge in [0.2, 0.25) is 0 Å². The van der Waals surface area contributed by atoms with E-state index in [9.17, 15) is 19.8 Å². The molecule has 1 heterocycles. The predicted molar refractivity (Wildman–Crippen MR) is 119 cm³/mol. The predicted octanol–water partition coefficient (Wildman–Crippen LogP) is 6.11. The Morgan fingerprint density at radius 2 is 1.87 bits per heavy atom. The second-order valence-corrected chi connectivity index (χ2v) is 7.21. The number of rotatable bonds is 5. The molecule has 0 fully saturated rings. The molecule has 0 amide bonds. The van der Waals surface area contributed by atoms with Crippen LogP contribution in [0.1, 0.15) is 22.4 Å². The number of hydrogen-bond acceptors (Lipinski definition) is 3. The van der Waals surface area contributed by atoms with Crippen molar-refractivity contribution in [2.24, 2.45) is 0 Å². The number of aromatic nitrogens is 1. The molecule has 0 aliphatic heterocycles. The smallest absolute Gasteiger partial charge is 0.269 e. The first-order chi connectivity index (χ1) is 15.0. The van der Waals surface area contributed by atoms with Crippen LogP contribution in [-0.4, -0.2) is 9.49 Å². The molecule has 0 bridgehead atoms. The zero-order chi connectivity index (χ0) is 22.0. The van der Waals surface area contributed by atoms with Crippen molar-refractivity contribution in [3.05, 3.63) is 111 Å². The largest absolute Gasteiger partial charge is 0.340 e. The monoisotopic (exact) mass is 411 g/mol. The second kappa shape index (κ2) is 8.25.